The Morgan fingerprint density at radius 2 is 1.63 bits per heavy atom. The number of fused-ring (bicyclic) bond motifs is 1. The lowest BCUT2D eigenvalue weighted by molar-refractivity contribution is -0.137. The van der Waals surface area contributed by atoms with E-state index in [9.17, 15) is 9.59 Å². The van der Waals surface area contributed by atoms with Gasteiger partial charge in [-0.05, 0) is 35.2 Å². The Kier molecular flexibility index (Phi) is 3.80. The van der Waals surface area contributed by atoms with E-state index in [0.717, 1.165) is 10.9 Å². The van der Waals surface area contributed by atoms with Crippen LogP contribution in [0, 0.1) is 0 Å². The third kappa shape index (κ3) is 2.91. The second kappa shape index (κ2) is 5.52. The fourth-order valence-corrected chi connectivity index (χ4v) is 2.20. The van der Waals surface area contributed by atoms with Crippen LogP contribution in [0.4, 0.5) is 0 Å². The largest absolute Gasteiger partial charge is 0.481 e. The molecule has 0 aliphatic carbocycles. The molecule has 0 aromatic heterocycles. The smallest absolute Gasteiger partial charge is 0.336 e. The number of hydrogen-bond acceptors (Lipinski definition) is 2. The van der Waals surface area contributed by atoms with Crippen molar-refractivity contribution in [3.8, 4) is 0 Å². The number of aliphatic carboxylic acids is 1. The third-order valence-electron chi connectivity index (χ3n) is 3.08. The molecular weight excluding hydrogens is 244 g/mol. The Morgan fingerprint density at radius 1 is 0.947 bits per heavy atom. The Hall–Kier alpha value is -2.36. The standard InChI is InChI=1S/C15H14O4/c16-14(17)7-3-4-10-8-9-13(15(18)19)12-6-2-1-5-11(10)12/h1-2,5-6,8-9H,3-4,7H2,(H,16,17)(H,18,19). The minimum Gasteiger partial charge on any atom is -0.481 e. The molecule has 0 amide bonds. The highest BCUT2D eigenvalue weighted by Gasteiger charge is 2.10. The lowest BCUT2D eigenvalue weighted by Gasteiger charge is -2.08. The topological polar surface area (TPSA) is 74.6 Å². The molecule has 0 fully saturated rings. The SMILES string of the molecule is O=C(O)CCCc1ccc(C(=O)O)c2ccccc12. The number of carboxylic acids is 2. The zero-order chi connectivity index (χ0) is 13.8. The van der Waals surface area contributed by atoms with Crippen LogP contribution < -0.4 is 0 Å². The molecule has 0 unspecified atom stereocenters. The number of rotatable bonds is 5. The van der Waals surface area contributed by atoms with Gasteiger partial charge in [0.15, 0.2) is 0 Å². The molecular formula is C15H14O4. The van der Waals surface area contributed by atoms with Gasteiger partial charge < -0.3 is 10.2 Å². The highest BCUT2D eigenvalue weighted by atomic mass is 16.4. The van der Waals surface area contributed by atoms with Crippen LogP contribution in [0.3, 0.4) is 0 Å². The van der Waals surface area contributed by atoms with Crippen molar-refractivity contribution < 1.29 is 19.8 Å². The maximum atomic E-state index is 11.2. The van der Waals surface area contributed by atoms with Gasteiger partial charge in [-0.2, -0.15) is 0 Å². The Morgan fingerprint density at radius 3 is 2.26 bits per heavy atom. The van der Waals surface area contributed by atoms with Crippen molar-refractivity contribution in [1.82, 2.24) is 0 Å². The number of hydrogen-bond donors (Lipinski definition) is 2. The number of benzene rings is 2. The number of aromatic carboxylic acids is 1. The molecule has 0 saturated heterocycles. The van der Waals surface area contributed by atoms with Crippen LogP contribution in [0.1, 0.15) is 28.8 Å². The Labute approximate surface area is 110 Å². The van der Waals surface area contributed by atoms with Crippen LogP contribution >= 0.6 is 0 Å². The summed E-state index contributed by atoms with van der Waals surface area (Å²) in [6.07, 6.45) is 1.30. The van der Waals surface area contributed by atoms with E-state index in [1.165, 1.54) is 0 Å². The van der Waals surface area contributed by atoms with Gasteiger partial charge >= 0.3 is 11.9 Å². The van der Waals surface area contributed by atoms with E-state index >= 15 is 0 Å². The van der Waals surface area contributed by atoms with Crippen LogP contribution in [0.5, 0.6) is 0 Å². The summed E-state index contributed by atoms with van der Waals surface area (Å²) in [5, 5.41) is 19.4. The number of carboxylic acid groups (broad SMARTS) is 2. The lowest BCUT2D eigenvalue weighted by Crippen LogP contribution is -2.00. The maximum absolute atomic E-state index is 11.2. The maximum Gasteiger partial charge on any atom is 0.336 e. The van der Waals surface area contributed by atoms with Gasteiger partial charge in [0.2, 0.25) is 0 Å². The van der Waals surface area contributed by atoms with Gasteiger partial charge in [0, 0.05) is 6.42 Å². The minimum atomic E-state index is -0.951. The molecule has 0 radical (unpaired) electrons. The summed E-state index contributed by atoms with van der Waals surface area (Å²) in [7, 11) is 0. The second-order valence-electron chi connectivity index (χ2n) is 4.37. The van der Waals surface area contributed by atoms with Crippen LogP contribution in [-0.4, -0.2) is 22.2 Å². The average Bonchev–Trinajstić information content (AvgIpc) is 2.38. The van der Waals surface area contributed by atoms with Gasteiger partial charge in [-0.3, -0.25) is 4.79 Å². The van der Waals surface area contributed by atoms with E-state index in [2.05, 4.69) is 0 Å². The molecule has 2 rings (SSSR count). The van der Waals surface area contributed by atoms with E-state index in [1.54, 1.807) is 24.3 Å². The summed E-state index contributed by atoms with van der Waals surface area (Å²) in [4.78, 5) is 21.7. The molecule has 0 heterocycles. The van der Waals surface area contributed by atoms with Gasteiger partial charge in [0.05, 0.1) is 5.56 Å². The van der Waals surface area contributed by atoms with Crippen LogP contribution in [0.2, 0.25) is 0 Å². The first-order valence-corrected chi connectivity index (χ1v) is 6.05. The van der Waals surface area contributed by atoms with Crippen molar-refractivity contribution in [2.75, 3.05) is 0 Å². The van der Waals surface area contributed by atoms with Crippen molar-refractivity contribution in [1.29, 1.82) is 0 Å². The molecule has 0 aliphatic heterocycles. The zero-order valence-electron chi connectivity index (χ0n) is 10.3. The first kappa shape index (κ1) is 13.1. The Balaban J connectivity index is 2.38. The predicted octanol–water partition coefficient (Wildman–Crippen LogP) is 2.95. The van der Waals surface area contributed by atoms with Gasteiger partial charge in [0.1, 0.15) is 0 Å². The summed E-state index contributed by atoms with van der Waals surface area (Å²) in [5.74, 6) is -1.76. The van der Waals surface area contributed by atoms with Crippen molar-refractivity contribution in [2.45, 2.75) is 19.3 Å². The van der Waals surface area contributed by atoms with E-state index in [-0.39, 0.29) is 12.0 Å². The highest BCUT2D eigenvalue weighted by Crippen LogP contribution is 2.24. The molecule has 2 aromatic carbocycles. The van der Waals surface area contributed by atoms with E-state index < -0.39 is 11.9 Å². The molecule has 0 saturated carbocycles. The number of carbonyl (C=O) groups is 2. The molecule has 2 aromatic rings. The lowest BCUT2D eigenvalue weighted by atomic mass is 9.96. The molecule has 19 heavy (non-hydrogen) atoms. The fraction of sp³-hybridized carbons (Fsp3) is 0.200. The van der Waals surface area contributed by atoms with Crippen molar-refractivity contribution in [3.63, 3.8) is 0 Å². The van der Waals surface area contributed by atoms with Crippen LogP contribution in [0.25, 0.3) is 10.8 Å². The minimum absolute atomic E-state index is 0.120. The summed E-state index contributed by atoms with van der Waals surface area (Å²) < 4.78 is 0. The van der Waals surface area contributed by atoms with E-state index in [4.69, 9.17) is 10.2 Å². The van der Waals surface area contributed by atoms with Gasteiger partial charge in [-0.15, -0.1) is 0 Å². The normalized spacial score (nSPS) is 10.5. The van der Waals surface area contributed by atoms with Crippen molar-refractivity contribution in [2.24, 2.45) is 0 Å². The molecule has 4 nitrogen and oxygen atoms in total. The van der Waals surface area contributed by atoms with E-state index in [0.29, 0.717) is 18.2 Å². The first-order chi connectivity index (χ1) is 9.09. The fourth-order valence-electron chi connectivity index (χ4n) is 2.20. The van der Waals surface area contributed by atoms with Gasteiger partial charge in [-0.25, -0.2) is 4.79 Å². The van der Waals surface area contributed by atoms with Gasteiger partial charge in [-0.1, -0.05) is 30.3 Å². The molecule has 0 aliphatic rings. The summed E-state index contributed by atoms with van der Waals surface area (Å²) in [6.45, 7) is 0. The summed E-state index contributed by atoms with van der Waals surface area (Å²) in [6, 6.07) is 10.7. The Bertz CT molecular complexity index is 631. The number of aryl methyl sites for hydroxylation is 1. The molecule has 0 bridgehead atoms. The predicted molar refractivity (Wildman–Crippen MR) is 71.5 cm³/mol. The molecule has 98 valence electrons. The quantitative estimate of drug-likeness (QED) is 0.864. The summed E-state index contributed by atoms with van der Waals surface area (Å²) >= 11 is 0. The van der Waals surface area contributed by atoms with Crippen LogP contribution in [-0.2, 0) is 11.2 Å². The summed E-state index contributed by atoms with van der Waals surface area (Å²) in [5.41, 5.74) is 1.26. The molecule has 2 N–H and O–H groups in total. The highest BCUT2D eigenvalue weighted by molar-refractivity contribution is 6.04. The van der Waals surface area contributed by atoms with Crippen molar-refractivity contribution in [3.05, 3.63) is 47.5 Å². The zero-order valence-corrected chi connectivity index (χ0v) is 10.3. The molecule has 0 atom stereocenters. The molecule has 0 spiro atoms. The van der Waals surface area contributed by atoms with Crippen LogP contribution in [0.15, 0.2) is 36.4 Å². The monoisotopic (exact) mass is 258 g/mol. The first-order valence-electron chi connectivity index (χ1n) is 6.05. The average molecular weight is 258 g/mol. The third-order valence-corrected chi connectivity index (χ3v) is 3.08. The second-order valence-corrected chi connectivity index (χ2v) is 4.37. The van der Waals surface area contributed by atoms with Crippen molar-refractivity contribution >= 4 is 22.7 Å². The van der Waals surface area contributed by atoms with Gasteiger partial charge in [0.25, 0.3) is 0 Å². The molecule has 4 heteroatoms. The van der Waals surface area contributed by atoms with E-state index in [1.807, 2.05) is 12.1 Å².